The lowest BCUT2D eigenvalue weighted by Gasteiger charge is -2.24. The molecule has 0 saturated heterocycles. The third kappa shape index (κ3) is 7.56. The van der Waals surface area contributed by atoms with Crippen LogP contribution in [0, 0.1) is 3.57 Å². The van der Waals surface area contributed by atoms with Gasteiger partial charge < -0.3 is 14.7 Å². The maximum absolute atomic E-state index is 12.7. The fourth-order valence-electron chi connectivity index (χ4n) is 2.27. The van der Waals surface area contributed by atoms with Crippen molar-refractivity contribution in [1.29, 1.82) is 0 Å². The number of rotatable bonds is 9. The lowest BCUT2D eigenvalue weighted by Crippen LogP contribution is -2.35. The molecule has 0 unspecified atom stereocenters. The van der Waals surface area contributed by atoms with Crippen molar-refractivity contribution in [3.63, 3.8) is 0 Å². The summed E-state index contributed by atoms with van der Waals surface area (Å²) in [6.07, 6.45) is 2.01. The maximum Gasteiger partial charge on any atom is 0.253 e. The van der Waals surface area contributed by atoms with E-state index in [0.717, 1.165) is 48.2 Å². The first-order valence-corrected chi connectivity index (χ1v) is 8.82. The van der Waals surface area contributed by atoms with Crippen LogP contribution < -0.4 is 0 Å². The molecule has 0 spiro atoms. The largest absolute Gasteiger partial charge is 0.339 e. The average molecular weight is 417 g/mol. The summed E-state index contributed by atoms with van der Waals surface area (Å²) in [5.74, 6) is 0.149. The number of hydrogen-bond acceptors (Lipinski definition) is 3. The molecule has 0 aromatic heterocycles. The highest BCUT2D eigenvalue weighted by Crippen LogP contribution is 2.11. The standard InChI is InChI=1S/C17H28IN3O/c1-19(2)10-6-12-21(13-7-11-20(3)4)17(22)15-8-5-9-16(18)14-15/h5,8-9,14H,6-7,10-13H2,1-4H3. The minimum absolute atomic E-state index is 0.149. The first kappa shape index (κ1) is 19.4. The second kappa shape index (κ2) is 10.2. The Morgan fingerprint density at radius 2 is 1.50 bits per heavy atom. The molecule has 0 fully saturated rings. The SMILES string of the molecule is CN(C)CCCN(CCCN(C)C)C(=O)c1cccc(I)c1. The van der Waals surface area contributed by atoms with Gasteiger partial charge in [-0.1, -0.05) is 6.07 Å². The predicted octanol–water partition coefficient (Wildman–Crippen LogP) is 2.64. The fraction of sp³-hybridized carbons (Fsp3) is 0.588. The van der Waals surface area contributed by atoms with Crippen molar-refractivity contribution in [3.05, 3.63) is 33.4 Å². The highest BCUT2D eigenvalue weighted by molar-refractivity contribution is 14.1. The van der Waals surface area contributed by atoms with Crippen LogP contribution in [0.15, 0.2) is 24.3 Å². The number of halogens is 1. The number of hydrogen-bond donors (Lipinski definition) is 0. The van der Waals surface area contributed by atoms with E-state index < -0.39 is 0 Å². The Balaban J connectivity index is 2.67. The zero-order valence-electron chi connectivity index (χ0n) is 14.2. The molecule has 0 atom stereocenters. The van der Waals surface area contributed by atoms with Gasteiger partial charge in [0.2, 0.25) is 0 Å². The van der Waals surface area contributed by atoms with E-state index in [9.17, 15) is 4.79 Å². The average Bonchev–Trinajstić information content (AvgIpc) is 2.44. The van der Waals surface area contributed by atoms with Gasteiger partial charge in [0.05, 0.1) is 0 Å². The molecule has 1 rings (SSSR count). The molecule has 0 aliphatic rings. The molecule has 0 radical (unpaired) electrons. The smallest absolute Gasteiger partial charge is 0.253 e. The van der Waals surface area contributed by atoms with Crippen LogP contribution in [0.3, 0.4) is 0 Å². The van der Waals surface area contributed by atoms with Gasteiger partial charge in [0, 0.05) is 22.2 Å². The Bertz CT molecular complexity index is 449. The molecular formula is C17H28IN3O. The minimum atomic E-state index is 0.149. The first-order valence-electron chi connectivity index (χ1n) is 7.74. The van der Waals surface area contributed by atoms with Crippen molar-refractivity contribution in [3.8, 4) is 0 Å². The van der Waals surface area contributed by atoms with Crippen LogP contribution in [0.5, 0.6) is 0 Å². The molecule has 0 heterocycles. The van der Waals surface area contributed by atoms with Gasteiger partial charge in [0.25, 0.3) is 5.91 Å². The van der Waals surface area contributed by atoms with Gasteiger partial charge in [0.15, 0.2) is 0 Å². The third-order valence-corrected chi connectivity index (χ3v) is 4.10. The van der Waals surface area contributed by atoms with Crippen LogP contribution >= 0.6 is 22.6 Å². The van der Waals surface area contributed by atoms with E-state index in [0.29, 0.717) is 0 Å². The van der Waals surface area contributed by atoms with E-state index in [1.807, 2.05) is 29.2 Å². The minimum Gasteiger partial charge on any atom is -0.339 e. The van der Waals surface area contributed by atoms with Crippen LogP contribution in [0.4, 0.5) is 0 Å². The van der Waals surface area contributed by atoms with E-state index in [-0.39, 0.29) is 5.91 Å². The van der Waals surface area contributed by atoms with Crippen molar-refractivity contribution < 1.29 is 4.79 Å². The number of carbonyl (C=O) groups excluding carboxylic acids is 1. The summed E-state index contributed by atoms with van der Waals surface area (Å²) in [6.45, 7) is 3.64. The molecule has 0 N–H and O–H groups in total. The van der Waals surface area contributed by atoms with Crippen LogP contribution in [0.2, 0.25) is 0 Å². The van der Waals surface area contributed by atoms with Crippen molar-refractivity contribution >= 4 is 28.5 Å². The highest BCUT2D eigenvalue weighted by atomic mass is 127. The Kier molecular flexibility index (Phi) is 8.97. The van der Waals surface area contributed by atoms with Crippen molar-refractivity contribution in [1.82, 2.24) is 14.7 Å². The zero-order chi connectivity index (χ0) is 16.5. The third-order valence-electron chi connectivity index (χ3n) is 3.43. The number of nitrogens with zero attached hydrogens (tertiary/aromatic N) is 3. The predicted molar refractivity (Wildman–Crippen MR) is 101 cm³/mol. The molecule has 0 aliphatic heterocycles. The van der Waals surface area contributed by atoms with Crippen LogP contribution in [-0.4, -0.2) is 75.0 Å². The lowest BCUT2D eigenvalue weighted by molar-refractivity contribution is 0.0744. The summed E-state index contributed by atoms with van der Waals surface area (Å²) in [4.78, 5) is 19.1. The molecule has 1 aromatic rings. The van der Waals surface area contributed by atoms with Crippen LogP contribution in [0.25, 0.3) is 0 Å². The molecular weight excluding hydrogens is 389 g/mol. The summed E-state index contributed by atoms with van der Waals surface area (Å²) >= 11 is 2.25. The van der Waals surface area contributed by atoms with Gasteiger partial charge in [-0.15, -0.1) is 0 Å². The van der Waals surface area contributed by atoms with Gasteiger partial charge in [-0.25, -0.2) is 0 Å². The molecule has 124 valence electrons. The summed E-state index contributed by atoms with van der Waals surface area (Å²) in [5, 5.41) is 0. The molecule has 1 amide bonds. The molecule has 22 heavy (non-hydrogen) atoms. The van der Waals surface area contributed by atoms with E-state index in [1.54, 1.807) is 0 Å². The summed E-state index contributed by atoms with van der Waals surface area (Å²) in [6, 6.07) is 7.84. The number of benzene rings is 1. The zero-order valence-corrected chi connectivity index (χ0v) is 16.3. The highest BCUT2D eigenvalue weighted by Gasteiger charge is 2.15. The maximum atomic E-state index is 12.7. The van der Waals surface area contributed by atoms with E-state index in [4.69, 9.17) is 0 Å². The van der Waals surface area contributed by atoms with E-state index in [1.165, 1.54) is 0 Å². The Morgan fingerprint density at radius 3 is 1.95 bits per heavy atom. The Labute approximate surface area is 148 Å². The Morgan fingerprint density at radius 1 is 0.955 bits per heavy atom. The van der Waals surface area contributed by atoms with Crippen molar-refractivity contribution in [2.24, 2.45) is 0 Å². The molecule has 0 bridgehead atoms. The normalized spacial score (nSPS) is 11.2. The van der Waals surface area contributed by atoms with E-state index >= 15 is 0 Å². The van der Waals surface area contributed by atoms with Crippen molar-refractivity contribution in [2.75, 3.05) is 54.4 Å². The number of amides is 1. The molecule has 4 nitrogen and oxygen atoms in total. The Hall–Kier alpha value is -0.660. The van der Waals surface area contributed by atoms with Crippen molar-refractivity contribution in [2.45, 2.75) is 12.8 Å². The topological polar surface area (TPSA) is 26.8 Å². The second-order valence-electron chi connectivity index (χ2n) is 6.12. The summed E-state index contributed by atoms with van der Waals surface area (Å²) in [5.41, 5.74) is 0.793. The van der Waals surface area contributed by atoms with Crippen LogP contribution in [-0.2, 0) is 0 Å². The van der Waals surface area contributed by atoms with E-state index in [2.05, 4.69) is 60.6 Å². The number of carbonyl (C=O) groups is 1. The molecule has 1 aromatic carbocycles. The second-order valence-corrected chi connectivity index (χ2v) is 7.36. The van der Waals surface area contributed by atoms with Gasteiger partial charge in [-0.3, -0.25) is 4.79 Å². The molecule has 5 heteroatoms. The van der Waals surface area contributed by atoms with Gasteiger partial charge in [0.1, 0.15) is 0 Å². The quantitative estimate of drug-likeness (QED) is 0.578. The lowest BCUT2D eigenvalue weighted by atomic mass is 10.2. The van der Waals surface area contributed by atoms with Gasteiger partial charge in [-0.2, -0.15) is 0 Å². The molecule has 0 aliphatic carbocycles. The summed E-state index contributed by atoms with van der Waals surface area (Å²) in [7, 11) is 8.27. The monoisotopic (exact) mass is 417 g/mol. The summed E-state index contributed by atoms with van der Waals surface area (Å²) < 4.78 is 1.10. The first-order chi connectivity index (χ1) is 10.4. The molecule has 0 saturated carbocycles. The van der Waals surface area contributed by atoms with Gasteiger partial charge >= 0.3 is 0 Å². The van der Waals surface area contributed by atoms with Crippen LogP contribution in [0.1, 0.15) is 23.2 Å². The van der Waals surface area contributed by atoms with Gasteiger partial charge in [-0.05, 0) is 94.9 Å². The fourth-order valence-corrected chi connectivity index (χ4v) is 2.82.